The summed E-state index contributed by atoms with van der Waals surface area (Å²) in [6.45, 7) is 6.12. The normalized spacial score (nSPS) is 22.2. The predicted molar refractivity (Wildman–Crippen MR) is 106 cm³/mol. The van der Waals surface area contributed by atoms with Gasteiger partial charge in [0.2, 0.25) is 10.0 Å². The molecular formula is C18H27N3O2S2. The van der Waals surface area contributed by atoms with Gasteiger partial charge in [0.25, 0.3) is 0 Å². The molecule has 0 atom stereocenters. The number of nitrogens with one attached hydrogen (secondary N) is 2. The Kier molecular flexibility index (Phi) is 5.37. The highest BCUT2D eigenvalue weighted by Crippen LogP contribution is 2.29. The minimum absolute atomic E-state index is 0.0722. The number of aromatic nitrogens is 1. The van der Waals surface area contributed by atoms with Gasteiger partial charge in [-0.1, -0.05) is 23.5 Å². The largest absolute Gasteiger partial charge is 0.361 e. The summed E-state index contributed by atoms with van der Waals surface area (Å²) >= 11 is 1.68. The zero-order valence-corrected chi connectivity index (χ0v) is 16.7. The highest BCUT2D eigenvalue weighted by Gasteiger charge is 2.32. The van der Waals surface area contributed by atoms with Crippen molar-refractivity contribution in [2.75, 3.05) is 11.9 Å². The first-order valence-electron chi connectivity index (χ1n) is 8.86. The van der Waals surface area contributed by atoms with E-state index < -0.39 is 14.8 Å². The number of nitrogens with zero attached hydrogens (tertiary/aromatic N) is 1. The molecule has 25 heavy (non-hydrogen) atoms. The first-order valence-corrected chi connectivity index (χ1v) is 11.2. The number of rotatable bonds is 5. The second-order valence-corrected chi connectivity index (χ2v) is 11.3. The van der Waals surface area contributed by atoms with Crippen molar-refractivity contribution in [2.24, 2.45) is 5.92 Å². The van der Waals surface area contributed by atoms with Gasteiger partial charge in [-0.05, 0) is 64.5 Å². The zero-order valence-electron chi connectivity index (χ0n) is 15.1. The van der Waals surface area contributed by atoms with Gasteiger partial charge in [0.05, 0.1) is 15.0 Å². The lowest BCUT2D eigenvalue weighted by Crippen LogP contribution is -2.46. The monoisotopic (exact) mass is 381 g/mol. The molecule has 1 fully saturated rings. The van der Waals surface area contributed by atoms with E-state index in [1.54, 1.807) is 32.1 Å². The second kappa shape index (κ2) is 7.21. The van der Waals surface area contributed by atoms with E-state index in [1.165, 1.54) is 4.70 Å². The molecule has 0 unspecified atom stereocenters. The zero-order chi connectivity index (χ0) is 18.1. The van der Waals surface area contributed by atoms with Crippen LogP contribution in [-0.4, -0.2) is 30.7 Å². The molecule has 1 aliphatic rings. The fraction of sp³-hybridized carbons (Fsp3) is 0.611. The van der Waals surface area contributed by atoms with E-state index >= 15 is 0 Å². The van der Waals surface area contributed by atoms with Crippen molar-refractivity contribution >= 4 is 36.7 Å². The van der Waals surface area contributed by atoms with Crippen LogP contribution in [0.15, 0.2) is 24.3 Å². The summed E-state index contributed by atoms with van der Waals surface area (Å²) in [6.07, 6.45) is 3.88. The van der Waals surface area contributed by atoms with Gasteiger partial charge in [0, 0.05) is 12.6 Å². The minimum atomic E-state index is -3.26. The SMILES string of the molecule is CC(C)(C)S(=O)(=O)N[C@H]1CC[C@H](CNc2nc3ccccc3s2)CC1. The molecule has 1 aliphatic carbocycles. The third kappa shape index (κ3) is 4.51. The summed E-state index contributed by atoms with van der Waals surface area (Å²) in [5.74, 6) is 0.572. The molecule has 3 rings (SSSR count). The van der Waals surface area contributed by atoms with Gasteiger partial charge in [-0.2, -0.15) is 0 Å². The molecular weight excluding hydrogens is 354 g/mol. The summed E-state index contributed by atoms with van der Waals surface area (Å²) in [5, 5.41) is 4.43. The van der Waals surface area contributed by atoms with E-state index in [1.807, 2.05) is 18.2 Å². The van der Waals surface area contributed by atoms with E-state index in [-0.39, 0.29) is 6.04 Å². The lowest BCUT2D eigenvalue weighted by atomic mass is 9.86. The van der Waals surface area contributed by atoms with Crippen molar-refractivity contribution in [3.63, 3.8) is 0 Å². The molecule has 0 aliphatic heterocycles. The smallest absolute Gasteiger partial charge is 0.216 e. The predicted octanol–water partition coefficient (Wildman–Crippen LogP) is 3.98. The second-order valence-electron chi connectivity index (χ2n) is 7.82. The maximum atomic E-state index is 12.3. The first kappa shape index (κ1) is 18.6. The number of fused-ring (bicyclic) bond motifs is 1. The van der Waals surface area contributed by atoms with Gasteiger partial charge in [-0.3, -0.25) is 0 Å². The number of hydrogen-bond donors (Lipinski definition) is 2. The van der Waals surface area contributed by atoms with Crippen molar-refractivity contribution in [1.82, 2.24) is 9.71 Å². The Morgan fingerprint density at radius 3 is 2.48 bits per heavy atom. The number of hydrogen-bond acceptors (Lipinski definition) is 5. The molecule has 0 radical (unpaired) electrons. The van der Waals surface area contributed by atoms with Crippen molar-refractivity contribution in [1.29, 1.82) is 0 Å². The van der Waals surface area contributed by atoms with Crippen LogP contribution in [0.5, 0.6) is 0 Å². The van der Waals surface area contributed by atoms with Crippen molar-refractivity contribution in [2.45, 2.75) is 57.2 Å². The van der Waals surface area contributed by atoms with Gasteiger partial charge < -0.3 is 5.32 Å². The molecule has 138 valence electrons. The van der Waals surface area contributed by atoms with E-state index in [2.05, 4.69) is 21.1 Å². The fourth-order valence-electron chi connectivity index (χ4n) is 3.06. The molecule has 1 aromatic carbocycles. The maximum absolute atomic E-state index is 12.3. The van der Waals surface area contributed by atoms with Crippen LogP contribution >= 0.6 is 11.3 Å². The average Bonchev–Trinajstić information content (AvgIpc) is 2.96. The maximum Gasteiger partial charge on any atom is 0.216 e. The summed E-state index contributed by atoms with van der Waals surface area (Å²) < 4.78 is 27.9. The summed E-state index contributed by atoms with van der Waals surface area (Å²) in [7, 11) is -3.26. The van der Waals surface area contributed by atoms with Gasteiger partial charge >= 0.3 is 0 Å². The van der Waals surface area contributed by atoms with E-state index in [0.29, 0.717) is 5.92 Å². The standard InChI is InChI=1S/C18H27N3O2S2/c1-18(2,3)25(22,23)21-14-10-8-13(9-11-14)12-19-17-20-15-6-4-5-7-16(15)24-17/h4-7,13-14,21H,8-12H2,1-3H3,(H,19,20)/t13-,14-. The molecule has 2 N–H and O–H groups in total. The minimum Gasteiger partial charge on any atom is -0.361 e. The van der Waals surface area contributed by atoms with E-state index in [0.717, 1.165) is 42.9 Å². The highest BCUT2D eigenvalue weighted by atomic mass is 32.2. The van der Waals surface area contributed by atoms with Crippen LogP contribution in [0, 0.1) is 5.92 Å². The molecule has 1 saturated carbocycles. The van der Waals surface area contributed by atoms with Gasteiger partial charge in [0.15, 0.2) is 5.13 Å². The highest BCUT2D eigenvalue weighted by molar-refractivity contribution is 7.90. The third-order valence-electron chi connectivity index (χ3n) is 4.81. The lowest BCUT2D eigenvalue weighted by molar-refractivity contribution is 0.322. The molecule has 0 saturated heterocycles. The molecule has 1 aromatic heterocycles. The Labute approximate surface area is 154 Å². The van der Waals surface area contributed by atoms with Crippen LogP contribution in [0.1, 0.15) is 46.5 Å². The number of thiazole rings is 1. The van der Waals surface area contributed by atoms with Gasteiger partial charge in [-0.15, -0.1) is 0 Å². The van der Waals surface area contributed by atoms with Crippen LogP contribution < -0.4 is 10.0 Å². The molecule has 5 nitrogen and oxygen atoms in total. The fourth-order valence-corrected chi connectivity index (χ4v) is 4.96. The Hall–Kier alpha value is -1.18. The molecule has 0 bridgehead atoms. The van der Waals surface area contributed by atoms with Crippen molar-refractivity contribution in [3.8, 4) is 0 Å². The lowest BCUT2D eigenvalue weighted by Gasteiger charge is -2.31. The van der Waals surface area contributed by atoms with Crippen LogP contribution in [-0.2, 0) is 10.0 Å². The van der Waals surface area contributed by atoms with E-state index in [4.69, 9.17) is 0 Å². The number of benzene rings is 1. The number of anilines is 1. The molecule has 2 aromatic rings. The average molecular weight is 382 g/mol. The Morgan fingerprint density at radius 2 is 1.84 bits per heavy atom. The summed E-state index contributed by atoms with van der Waals surface area (Å²) in [5.41, 5.74) is 1.04. The third-order valence-corrected chi connectivity index (χ3v) is 8.06. The van der Waals surface area contributed by atoms with Crippen molar-refractivity contribution < 1.29 is 8.42 Å². The van der Waals surface area contributed by atoms with Crippen molar-refractivity contribution in [3.05, 3.63) is 24.3 Å². The summed E-state index contributed by atoms with van der Waals surface area (Å²) in [4.78, 5) is 4.60. The topological polar surface area (TPSA) is 71.1 Å². The number of sulfonamides is 1. The molecule has 1 heterocycles. The van der Waals surface area contributed by atoms with Gasteiger partial charge in [0.1, 0.15) is 0 Å². The Morgan fingerprint density at radius 1 is 1.16 bits per heavy atom. The Balaban J connectivity index is 1.48. The first-order chi connectivity index (χ1) is 11.7. The Bertz CT molecular complexity index is 783. The molecule has 0 spiro atoms. The molecule has 0 amide bonds. The quantitative estimate of drug-likeness (QED) is 0.822. The van der Waals surface area contributed by atoms with Crippen LogP contribution in [0.2, 0.25) is 0 Å². The van der Waals surface area contributed by atoms with Crippen LogP contribution in [0.25, 0.3) is 10.2 Å². The van der Waals surface area contributed by atoms with E-state index in [9.17, 15) is 8.42 Å². The van der Waals surface area contributed by atoms with Crippen LogP contribution in [0.4, 0.5) is 5.13 Å². The summed E-state index contributed by atoms with van der Waals surface area (Å²) in [6, 6.07) is 8.23. The molecule has 7 heteroatoms. The number of para-hydroxylation sites is 1. The van der Waals surface area contributed by atoms with Gasteiger partial charge in [-0.25, -0.2) is 18.1 Å². The van der Waals surface area contributed by atoms with Crippen LogP contribution in [0.3, 0.4) is 0 Å².